The number of rotatable bonds is 12. The number of halogens is 1. The zero-order valence-electron chi connectivity index (χ0n) is 24.1. The fraction of sp³-hybridized carbons (Fsp3) is 0.483. The molecule has 10 nitrogen and oxygen atoms in total. The molecule has 216 valence electrons. The Balaban J connectivity index is 1.47. The predicted molar refractivity (Wildman–Crippen MR) is 164 cm³/mol. The largest absolute Gasteiger partial charge is 0.380 e. The lowest BCUT2D eigenvalue weighted by atomic mass is 9.74. The van der Waals surface area contributed by atoms with Crippen molar-refractivity contribution in [3.63, 3.8) is 0 Å². The van der Waals surface area contributed by atoms with Gasteiger partial charge in [-0.25, -0.2) is 9.97 Å². The van der Waals surface area contributed by atoms with Gasteiger partial charge in [0.05, 0.1) is 48.1 Å². The van der Waals surface area contributed by atoms with Crippen LogP contribution in [0.5, 0.6) is 0 Å². The highest BCUT2D eigenvalue weighted by Crippen LogP contribution is 2.45. The van der Waals surface area contributed by atoms with Gasteiger partial charge in [0.1, 0.15) is 18.7 Å². The molecule has 2 atom stereocenters. The summed E-state index contributed by atoms with van der Waals surface area (Å²) in [6, 6.07) is 7.29. The number of pyridine rings is 1. The maximum atomic E-state index is 9.93. The molecule has 4 aromatic rings. The predicted octanol–water partition coefficient (Wildman–Crippen LogP) is 5.30. The van der Waals surface area contributed by atoms with E-state index in [1.807, 2.05) is 46.2 Å². The van der Waals surface area contributed by atoms with E-state index in [1.165, 1.54) is 0 Å². The van der Waals surface area contributed by atoms with E-state index in [0.717, 1.165) is 63.6 Å². The fourth-order valence-electron chi connectivity index (χ4n) is 5.59. The summed E-state index contributed by atoms with van der Waals surface area (Å²) in [6.07, 6.45) is 10.3. The van der Waals surface area contributed by atoms with Crippen LogP contribution < -0.4 is 5.32 Å². The van der Waals surface area contributed by atoms with Crippen LogP contribution in [0, 0.1) is 11.3 Å². The smallest absolute Gasteiger partial charge is 0.145 e. The van der Waals surface area contributed by atoms with Gasteiger partial charge in [-0.05, 0) is 52.6 Å². The Bertz CT molecular complexity index is 1530. The molecule has 1 aliphatic heterocycles. The molecule has 41 heavy (non-hydrogen) atoms. The molecule has 0 saturated carbocycles. The molecule has 0 spiro atoms. The van der Waals surface area contributed by atoms with Crippen LogP contribution in [0.4, 0.5) is 0 Å². The number of hydrogen-bond acceptors (Lipinski definition) is 8. The monoisotopic (exact) mass is 636 g/mol. The molecular weight excluding hydrogens is 600 g/mol. The van der Waals surface area contributed by atoms with E-state index in [9.17, 15) is 5.26 Å². The molecule has 0 amide bonds. The molecule has 0 aromatic carbocycles. The maximum absolute atomic E-state index is 9.93. The van der Waals surface area contributed by atoms with Gasteiger partial charge in [0.15, 0.2) is 0 Å². The second kappa shape index (κ2) is 12.5. The van der Waals surface area contributed by atoms with Gasteiger partial charge >= 0.3 is 0 Å². The number of nitrogens with zero attached hydrogens (tertiary/aromatic N) is 7. The van der Waals surface area contributed by atoms with Crippen molar-refractivity contribution in [2.75, 3.05) is 26.8 Å². The summed E-state index contributed by atoms with van der Waals surface area (Å²) >= 11 is 3.81. The minimum Gasteiger partial charge on any atom is -0.380 e. The van der Waals surface area contributed by atoms with Crippen LogP contribution in [0.2, 0.25) is 25.7 Å². The van der Waals surface area contributed by atoms with E-state index in [2.05, 4.69) is 56.9 Å². The molecule has 4 aromatic heterocycles. The van der Waals surface area contributed by atoms with Gasteiger partial charge in [0.2, 0.25) is 0 Å². The van der Waals surface area contributed by atoms with E-state index in [-0.39, 0.29) is 12.5 Å². The van der Waals surface area contributed by atoms with Crippen molar-refractivity contribution < 1.29 is 9.47 Å². The molecule has 5 rings (SSSR count). The summed E-state index contributed by atoms with van der Waals surface area (Å²) in [4.78, 5) is 14.0. The number of nitriles is 1. The van der Waals surface area contributed by atoms with Gasteiger partial charge in [-0.3, -0.25) is 9.67 Å². The van der Waals surface area contributed by atoms with E-state index in [0.29, 0.717) is 19.9 Å². The lowest BCUT2D eigenvalue weighted by Gasteiger charge is -2.36. The first kappa shape index (κ1) is 29.5. The Hall–Kier alpha value is -2.95. The zero-order chi connectivity index (χ0) is 29.0. The van der Waals surface area contributed by atoms with E-state index >= 15 is 0 Å². The third-order valence-electron chi connectivity index (χ3n) is 7.83. The molecule has 1 fully saturated rings. The highest BCUT2D eigenvalue weighted by Gasteiger charge is 2.47. The molecule has 12 heteroatoms. The van der Waals surface area contributed by atoms with Crippen molar-refractivity contribution in [2.24, 2.45) is 0 Å². The minimum absolute atomic E-state index is 0.237. The lowest BCUT2D eigenvalue weighted by molar-refractivity contribution is 0.0899. The molecule has 0 radical (unpaired) electrons. The molecule has 1 aliphatic rings. The highest BCUT2D eigenvalue weighted by atomic mass is 79.9. The zero-order valence-corrected chi connectivity index (χ0v) is 26.7. The van der Waals surface area contributed by atoms with Crippen molar-refractivity contribution in [1.29, 1.82) is 5.26 Å². The van der Waals surface area contributed by atoms with Crippen LogP contribution in [-0.4, -0.2) is 64.2 Å². The summed E-state index contributed by atoms with van der Waals surface area (Å²) in [5.41, 5.74) is 4.02. The molecule has 1 N–H and O–H groups in total. The number of nitrogens with one attached hydrogen (secondary N) is 1. The fourth-order valence-corrected chi connectivity index (χ4v) is 7.09. The van der Waals surface area contributed by atoms with Crippen LogP contribution in [-0.2, 0) is 28.2 Å². The van der Waals surface area contributed by atoms with Crippen molar-refractivity contribution >= 4 is 35.0 Å². The van der Waals surface area contributed by atoms with Crippen molar-refractivity contribution in [3.8, 4) is 17.3 Å². The van der Waals surface area contributed by atoms with Crippen LogP contribution in [0.15, 0.2) is 47.7 Å². The number of hydrogen-bond donors (Lipinski definition) is 1. The lowest BCUT2D eigenvalue weighted by Crippen LogP contribution is -2.40. The molecule has 1 saturated heterocycles. The van der Waals surface area contributed by atoms with Gasteiger partial charge in [-0.1, -0.05) is 19.6 Å². The maximum Gasteiger partial charge on any atom is 0.145 e. The minimum atomic E-state index is -1.15. The van der Waals surface area contributed by atoms with Gasteiger partial charge in [0.25, 0.3) is 0 Å². The average molecular weight is 638 g/mol. The Kier molecular flexibility index (Phi) is 9.01. The Morgan fingerprint density at radius 3 is 2.83 bits per heavy atom. The quantitative estimate of drug-likeness (QED) is 0.165. The average Bonchev–Trinajstić information content (AvgIpc) is 3.71. The standard InChI is InChI=1S/C29H37BrN8O2Si/c1-39-17-21-6-10-33-27(25(21)30)29(8-11-32-18-29)24(5-9-31)38-16-22(15-36-38)26-23-7-12-37(28(23)35-19-34-26)20-40-13-14-41(2,3)4/h6-7,10,12,15-16,19,24,32H,5,8,11,13-14,17-18,20H2,1-4H3/t24-,29-/m0/s1. The van der Waals surface area contributed by atoms with Gasteiger partial charge in [-0.2, -0.15) is 10.4 Å². The van der Waals surface area contributed by atoms with Crippen LogP contribution in [0.3, 0.4) is 0 Å². The van der Waals surface area contributed by atoms with Gasteiger partial charge in [-0.15, -0.1) is 0 Å². The SMILES string of the molecule is COCc1ccnc([C@@]2([C@H](CC#N)n3cc(-c4ncnc5c4ccn5COCC[Si](C)(C)C)cn3)CCNC2)c1Br. The van der Waals surface area contributed by atoms with Crippen LogP contribution >= 0.6 is 15.9 Å². The Morgan fingerprint density at radius 2 is 2.10 bits per heavy atom. The van der Waals surface area contributed by atoms with E-state index in [1.54, 1.807) is 13.4 Å². The summed E-state index contributed by atoms with van der Waals surface area (Å²) < 4.78 is 16.3. The number of methoxy groups -OCH3 is 1. The summed E-state index contributed by atoms with van der Waals surface area (Å²) in [5.74, 6) is 0. The van der Waals surface area contributed by atoms with Gasteiger partial charge in [0, 0.05) is 62.3 Å². The molecule has 0 unspecified atom stereocenters. The van der Waals surface area contributed by atoms with E-state index in [4.69, 9.17) is 19.6 Å². The number of ether oxygens (including phenoxy) is 2. The third kappa shape index (κ3) is 6.15. The van der Waals surface area contributed by atoms with Crippen molar-refractivity contribution in [3.05, 3.63) is 59.0 Å². The van der Waals surface area contributed by atoms with Crippen LogP contribution in [0.25, 0.3) is 22.3 Å². The molecular formula is C29H37BrN8O2Si. The second-order valence-electron chi connectivity index (χ2n) is 11.8. The topological polar surface area (TPSA) is 116 Å². The summed E-state index contributed by atoms with van der Waals surface area (Å²) in [6.45, 7) is 10.2. The number of fused-ring (bicyclic) bond motifs is 1. The summed E-state index contributed by atoms with van der Waals surface area (Å²) in [5, 5.41) is 19.2. The second-order valence-corrected chi connectivity index (χ2v) is 18.2. The first-order valence-corrected chi connectivity index (χ1v) is 18.4. The Morgan fingerprint density at radius 1 is 1.24 bits per heavy atom. The van der Waals surface area contributed by atoms with Crippen molar-refractivity contribution in [2.45, 2.75) is 63.3 Å². The Labute approximate surface area is 250 Å². The first-order valence-electron chi connectivity index (χ1n) is 13.9. The number of aromatic nitrogens is 6. The van der Waals surface area contributed by atoms with Gasteiger partial charge < -0.3 is 19.4 Å². The first-order chi connectivity index (χ1) is 19.8. The normalized spacial score (nSPS) is 18.1. The molecule has 0 bridgehead atoms. The molecule has 5 heterocycles. The molecule has 0 aliphatic carbocycles. The van der Waals surface area contributed by atoms with Crippen LogP contribution in [0.1, 0.15) is 30.1 Å². The van der Waals surface area contributed by atoms with Crippen molar-refractivity contribution in [1.82, 2.24) is 34.6 Å². The van der Waals surface area contributed by atoms with E-state index < -0.39 is 13.5 Å². The third-order valence-corrected chi connectivity index (χ3v) is 10.4. The summed E-state index contributed by atoms with van der Waals surface area (Å²) in [7, 11) is 0.532. The highest BCUT2D eigenvalue weighted by molar-refractivity contribution is 9.10.